The SMILES string of the molecule is Clc1ccc(-c2ccc3c(c2)-c2ccccc2C32c3ccccc3Sc3ccccc32)c2ccccc12. The quantitative estimate of drug-likeness (QED) is 0.212. The Morgan fingerprint density at radius 1 is 0.459 bits per heavy atom. The molecule has 8 rings (SSSR count). The molecular weight excluding hydrogens is 488 g/mol. The van der Waals surface area contributed by atoms with Crippen molar-refractivity contribution < 1.29 is 0 Å². The zero-order chi connectivity index (χ0) is 24.6. The van der Waals surface area contributed by atoms with E-state index in [1.165, 1.54) is 59.7 Å². The minimum absolute atomic E-state index is 0.328. The van der Waals surface area contributed by atoms with Crippen molar-refractivity contribution in [3.8, 4) is 22.3 Å². The summed E-state index contributed by atoms with van der Waals surface area (Å²) >= 11 is 8.45. The second-order valence-electron chi connectivity index (χ2n) is 9.79. The fourth-order valence-electron chi connectivity index (χ4n) is 6.54. The smallest absolute Gasteiger partial charge is 0.0735 e. The minimum Gasteiger partial charge on any atom is -0.0894 e. The summed E-state index contributed by atoms with van der Waals surface area (Å²) in [5.74, 6) is 0. The Balaban J connectivity index is 1.47. The molecule has 1 spiro atoms. The van der Waals surface area contributed by atoms with Crippen LogP contribution >= 0.6 is 23.4 Å². The van der Waals surface area contributed by atoms with Crippen LogP contribution in [0.1, 0.15) is 22.3 Å². The average Bonchev–Trinajstić information content (AvgIpc) is 3.24. The molecule has 0 unspecified atom stereocenters. The first-order chi connectivity index (χ1) is 18.3. The molecule has 0 bridgehead atoms. The molecule has 6 aromatic rings. The molecule has 2 heteroatoms. The maximum atomic E-state index is 6.57. The fraction of sp³-hybridized carbons (Fsp3) is 0.0286. The zero-order valence-electron chi connectivity index (χ0n) is 19.9. The van der Waals surface area contributed by atoms with E-state index in [-0.39, 0.29) is 5.41 Å². The summed E-state index contributed by atoms with van der Waals surface area (Å²) in [6, 6.07) is 46.5. The van der Waals surface area contributed by atoms with E-state index in [2.05, 4.69) is 121 Å². The van der Waals surface area contributed by atoms with E-state index in [1.54, 1.807) is 0 Å². The van der Waals surface area contributed by atoms with Gasteiger partial charge in [0, 0.05) is 20.2 Å². The second kappa shape index (κ2) is 7.86. The van der Waals surface area contributed by atoms with Gasteiger partial charge in [-0.3, -0.25) is 0 Å². The number of rotatable bonds is 1. The lowest BCUT2D eigenvalue weighted by molar-refractivity contribution is 0.722. The lowest BCUT2D eigenvalue weighted by atomic mass is 9.67. The first-order valence-electron chi connectivity index (χ1n) is 12.6. The highest BCUT2D eigenvalue weighted by molar-refractivity contribution is 7.99. The van der Waals surface area contributed by atoms with Gasteiger partial charge in [0.05, 0.1) is 5.41 Å². The van der Waals surface area contributed by atoms with Gasteiger partial charge in [0.25, 0.3) is 0 Å². The summed E-state index contributed by atoms with van der Waals surface area (Å²) < 4.78 is 0. The van der Waals surface area contributed by atoms with Gasteiger partial charge >= 0.3 is 0 Å². The molecule has 1 aliphatic heterocycles. The van der Waals surface area contributed by atoms with Crippen molar-refractivity contribution in [3.05, 3.63) is 155 Å². The molecule has 0 fully saturated rings. The third kappa shape index (κ3) is 2.82. The zero-order valence-corrected chi connectivity index (χ0v) is 21.5. The highest BCUT2D eigenvalue weighted by Gasteiger charge is 2.50. The molecule has 0 aromatic heterocycles. The van der Waals surface area contributed by atoms with E-state index in [0.717, 1.165) is 10.4 Å². The van der Waals surface area contributed by atoms with Crippen molar-refractivity contribution >= 4 is 34.1 Å². The van der Waals surface area contributed by atoms with Gasteiger partial charge in [0.15, 0.2) is 0 Å². The Bertz CT molecular complexity index is 1840. The fourth-order valence-corrected chi connectivity index (χ4v) is 7.96. The van der Waals surface area contributed by atoms with Crippen LogP contribution in [0.25, 0.3) is 33.0 Å². The summed E-state index contributed by atoms with van der Waals surface area (Å²) in [6.07, 6.45) is 0. The molecule has 0 amide bonds. The maximum Gasteiger partial charge on any atom is 0.0735 e. The summed E-state index contributed by atoms with van der Waals surface area (Å²) in [4.78, 5) is 2.66. The van der Waals surface area contributed by atoms with Gasteiger partial charge < -0.3 is 0 Å². The van der Waals surface area contributed by atoms with Gasteiger partial charge in [-0.05, 0) is 74.2 Å². The van der Waals surface area contributed by atoms with E-state index in [4.69, 9.17) is 11.6 Å². The molecule has 6 aromatic carbocycles. The van der Waals surface area contributed by atoms with Gasteiger partial charge in [0.1, 0.15) is 0 Å². The molecular formula is C35H21ClS. The number of halogens is 1. The summed E-state index contributed by atoms with van der Waals surface area (Å²) in [5, 5.41) is 3.06. The van der Waals surface area contributed by atoms with Crippen molar-refractivity contribution in [2.45, 2.75) is 15.2 Å². The third-order valence-corrected chi connectivity index (χ3v) is 9.51. The van der Waals surface area contributed by atoms with E-state index >= 15 is 0 Å². The van der Waals surface area contributed by atoms with Gasteiger partial charge in [-0.1, -0.05) is 126 Å². The van der Waals surface area contributed by atoms with Crippen LogP contribution in [-0.2, 0) is 5.41 Å². The number of fused-ring (bicyclic) bond motifs is 10. The average molecular weight is 509 g/mol. The van der Waals surface area contributed by atoms with Gasteiger partial charge in [-0.25, -0.2) is 0 Å². The molecule has 0 N–H and O–H groups in total. The van der Waals surface area contributed by atoms with Crippen LogP contribution < -0.4 is 0 Å². The standard InChI is InChI=1S/C35H21ClS/c36-32-20-18-23(24-9-1-2-11-26(24)32)22-17-19-29-27(21-22)25-10-3-4-12-28(25)35(29)30-13-5-7-15-33(30)37-34-16-8-6-14-31(34)35/h1-21H. The number of benzene rings is 6. The topological polar surface area (TPSA) is 0 Å². The van der Waals surface area contributed by atoms with E-state index < -0.39 is 0 Å². The normalized spacial score (nSPS) is 14.2. The molecule has 0 atom stereocenters. The lowest BCUT2D eigenvalue weighted by Crippen LogP contribution is -2.31. The van der Waals surface area contributed by atoms with Crippen LogP contribution in [0.5, 0.6) is 0 Å². The van der Waals surface area contributed by atoms with Crippen LogP contribution in [0.15, 0.2) is 137 Å². The first-order valence-corrected chi connectivity index (χ1v) is 13.7. The Hall–Kier alpha value is -3.78. The highest BCUT2D eigenvalue weighted by atomic mass is 35.5. The van der Waals surface area contributed by atoms with Gasteiger partial charge in [-0.15, -0.1) is 0 Å². The second-order valence-corrected chi connectivity index (χ2v) is 11.3. The third-order valence-electron chi connectivity index (χ3n) is 8.03. The highest BCUT2D eigenvalue weighted by Crippen LogP contribution is 2.62. The van der Waals surface area contributed by atoms with Crippen LogP contribution in [0.2, 0.25) is 5.02 Å². The van der Waals surface area contributed by atoms with E-state index in [1.807, 2.05) is 17.8 Å². The van der Waals surface area contributed by atoms with Crippen molar-refractivity contribution in [2.75, 3.05) is 0 Å². The Kier molecular flexibility index (Phi) is 4.53. The minimum atomic E-state index is -0.328. The van der Waals surface area contributed by atoms with Crippen LogP contribution in [0.3, 0.4) is 0 Å². The van der Waals surface area contributed by atoms with Crippen LogP contribution in [0.4, 0.5) is 0 Å². The molecule has 1 heterocycles. The Morgan fingerprint density at radius 2 is 1.05 bits per heavy atom. The monoisotopic (exact) mass is 508 g/mol. The Labute approximate surface area is 225 Å². The molecule has 174 valence electrons. The maximum absolute atomic E-state index is 6.57. The number of hydrogen-bond acceptors (Lipinski definition) is 1. The Morgan fingerprint density at radius 3 is 1.81 bits per heavy atom. The molecule has 0 saturated heterocycles. The van der Waals surface area contributed by atoms with Crippen LogP contribution in [-0.4, -0.2) is 0 Å². The predicted octanol–water partition coefficient (Wildman–Crippen LogP) is 9.99. The molecule has 0 radical (unpaired) electrons. The summed E-state index contributed by atoms with van der Waals surface area (Å²) in [6.45, 7) is 0. The van der Waals surface area contributed by atoms with Crippen molar-refractivity contribution in [1.29, 1.82) is 0 Å². The first kappa shape index (κ1) is 21.3. The molecule has 2 aliphatic rings. The van der Waals surface area contributed by atoms with Crippen LogP contribution in [0, 0.1) is 0 Å². The van der Waals surface area contributed by atoms with Crippen molar-refractivity contribution in [2.24, 2.45) is 0 Å². The van der Waals surface area contributed by atoms with Gasteiger partial charge in [0.2, 0.25) is 0 Å². The van der Waals surface area contributed by atoms with Crippen molar-refractivity contribution in [3.63, 3.8) is 0 Å². The largest absolute Gasteiger partial charge is 0.0894 e. The summed E-state index contributed by atoms with van der Waals surface area (Å²) in [7, 11) is 0. The molecule has 1 aliphatic carbocycles. The molecule has 0 nitrogen and oxygen atoms in total. The molecule has 37 heavy (non-hydrogen) atoms. The van der Waals surface area contributed by atoms with E-state index in [9.17, 15) is 0 Å². The summed E-state index contributed by atoms with van der Waals surface area (Å²) in [5.41, 5.74) is 10.2. The molecule has 0 saturated carbocycles. The number of hydrogen-bond donors (Lipinski definition) is 0. The predicted molar refractivity (Wildman–Crippen MR) is 156 cm³/mol. The lowest BCUT2D eigenvalue weighted by Gasteiger charge is -2.39. The van der Waals surface area contributed by atoms with Crippen molar-refractivity contribution in [1.82, 2.24) is 0 Å². The van der Waals surface area contributed by atoms with Gasteiger partial charge in [-0.2, -0.15) is 0 Å². The van der Waals surface area contributed by atoms with E-state index in [0.29, 0.717) is 0 Å².